The van der Waals surface area contributed by atoms with Gasteiger partial charge >= 0.3 is 0 Å². The van der Waals surface area contributed by atoms with Crippen LogP contribution in [0.3, 0.4) is 0 Å². The lowest BCUT2D eigenvalue weighted by Gasteiger charge is -2.06. The molecule has 13 heavy (non-hydrogen) atoms. The largest absolute Gasteiger partial charge is 0.378 e. The molecule has 0 spiro atoms. The Balaban J connectivity index is 2.75. The molecule has 0 aliphatic heterocycles. The molecule has 0 aliphatic carbocycles. The molecule has 3 heteroatoms. The molecule has 0 aliphatic rings. The average molecular weight is 200 g/mol. The zero-order valence-electron chi connectivity index (χ0n) is 7.40. The molecule has 0 atom stereocenters. The summed E-state index contributed by atoms with van der Waals surface area (Å²) in [6.07, 6.45) is 0. The van der Waals surface area contributed by atoms with E-state index in [4.69, 9.17) is 11.6 Å². The van der Waals surface area contributed by atoms with E-state index in [2.05, 4.69) is 11.9 Å². The summed E-state index contributed by atoms with van der Waals surface area (Å²) in [4.78, 5) is 0. The Morgan fingerprint density at radius 2 is 2.31 bits per heavy atom. The Morgan fingerprint density at radius 3 is 2.92 bits per heavy atom. The third-order valence-electron chi connectivity index (χ3n) is 1.59. The number of hydrogen-bond donors (Lipinski definition) is 1. The topological polar surface area (TPSA) is 12.0 Å². The minimum Gasteiger partial charge on any atom is -0.378 e. The molecular formula is C10H11ClFN. The van der Waals surface area contributed by atoms with Crippen LogP contribution in [0.2, 0.25) is 0 Å². The minimum atomic E-state index is -0.275. The molecule has 1 aromatic carbocycles. The van der Waals surface area contributed by atoms with Crippen LogP contribution >= 0.6 is 11.6 Å². The SMILES string of the molecule is C=C(Cl)CNc1cc(C)ccc1F. The highest BCUT2D eigenvalue weighted by Gasteiger charge is 2.00. The summed E-state index contributed by atoms with van der Waals surface area (Å²) < 4.78 is 13.1. The van der Waals surface area contributed by atoms with Gasteiger partial charge in [-0.2, -0.15) is 0 Å². The summed E-state index contributed by atoms with van der Waals surface area (Å²) in [5.41, 5.74) is 1.46. The van der Waals surface area contributed by atoms with Crippen molar-refractivity contribution in [3.63, 3.8) is 0 Å². The Labute approximate surface area is 82.2 Å². The molecule has 1 rings (SSSR count). The molecule has 0 aromatic heterocycles. The number of nitrogens with one attached hydrogen (secondary N) is 1. The maximum atomic E-state index is 13.1. The van der Waals surface area contributed by atoms with Crippen LogP contribution in [-0.4, -0.2) is 6.54 Å². The van der Waals surface area contributed by atoms with Crippen molar-refractivity contribution in [3.8, 4) is 0 Å². The van der Waals surface area contributed by atoms with Crippen LogP contribution in [0.1, 0.15) is 5.56 Å². The molecule has 0 fully saturated rings. The van der Waals surface area contributed by atoms with Crippen LogP contribution in [0.25, 0.3) is 0 Å². The maximum Gasteiger partial charge on any atom is 0.146 e. The van der Waals surface area contributed by atoms with E-state index in [9.17, 15) is 4.39 Å². The van der Waals surface area contributed by atoms with Crippen LogP contribution < -0.4 is 5.32 Å². The Morgan fingerprint density at radius 1 is 1.62 bits per heavy atom. The van der Waals surface area contributed by atoms with E-state index in [0.29, 0.717) is 17.3 Å². The van der Waals surface area contributed by atoms with E-state index in [1.165, 1.54) is 6.07 Å². The number of anilines is 1. The van der Waals surface area contributed by atoms with Crippen LogP contribution in [-0.2, 0) is 0 Å². The summed E-state index contributed by atoms with van der Waals surface area (Å²) in [5, 5.41) is 3.31. The van der Waals surface area contributed by atoms with E-state index in [1.807, 2.05) is 6.92 Å². The highest BCUT2D eigenvalue weighted by Crippen LogP contribution is 2.15. The van der Waals surface area contributed by atoms with Gasteiger partial charge in [0.15, 0.2) is 0 Å². The van der Waals surface area contributed by atoms with Gasteiger partial charge in [-0.1, -0.05) is 24.2 Å². The Kier molecular flexibility index (Phi) is 3.32. The zero-order chi connectivity index (χ0) is 9.84. The molecule has 0 unspecified atom stereocenters. The smallest absolute Gasteiger partial charge is 0.146 e. The van der Waals surface area contributed by atoms with Crippen LogP contribution in [0, 0.1) is 12.7 Å². The minimum absolute atomic E-state index is 0.275. The molecule has 70 valence electrons. The van der Waals surface area contributed by atoms with Crippen molar-refractivity contribution in [1.29, 1.82) is 0 Å². The summed E-state index contributed by atoms with van der Waals surface area (Å²) in [7, 11) is 0. The number of aryl methyl sites for hydroxylation is 1. The number of halogens is 2. The fourth-order valence-corrected chi connectivity index (χ4v) is 1.03. The maximum absolute atomic E-state index is 13.1. The summed E-state index contributed by atoms with van der Waals surface area (Å²) >= 11 is 5.54. The van der Waals surface area contributed by atoms with Crippen LogP contribution in [0.15, 0.2) is 29.8 Å². The molecule has 0 heterocycles. The van der Waals surface area contributed by atoms with Crippen molar-refractivity contribution < 1.29 is 4.39 Å². The highest BCUT2D eigenvalue weighted by molar-refractivity contribution is 6.29. The predicted molar refractivity (Wildman–Crippen MR) is 54.6 cm³/mol. The lowest BCUT2D eigenvalue weighted by atomic mass is 10.2. The highest BCUT2D eigenvalue weighted by atomic mass is 35.5. The first-order chi connectivity index (χ1) is 6.09. The molecule has 0 saturated carbocycles. The summed E-state index contributed by atoms with van der Waals surface area (Å²) in [6.45, 7) is 5.78. The fourth-order valence-electron chi connectivity index (χ4n) is 0.966. The van der Waals surface area contributed by atoms with Crippen molar-refractivity contribution in [2.24, 2.45) is 0 Å². The van der Waals surface area contributed by atoms with Gasteiger partial charge in [-0.15, -0.1) is 0 Å². The number of benzene rings is 1. The van der Waals surface area contributed by atoms with E-state index in [-0.39, 0.29) is 5.82 Å². The molecule has 0 amide bonds. The molecule has 0 saturated heterocycles. The average Bonchev–Trinajstić information content (AvgIpc) is 2.06. The van der Waals surface area contributed by atoms with Crippen LogP contribution in [0.5, 0.6) is 0 Å². The second-order valence-electron chi connectivity index (χ2n) is 2.85. The van der Waals surface area contributed by atoms with Gasteiger partial charge in [0.05, 0.1) is 12.2 Å². The van der Waals surface area contributed by atoms with Crippen molar-refractivity contribution in [3.05, 3.63) is 41.2 Å². The van der Waals surface area contributed by atoms with Crippen molar-refractivity contribution in [2.75, 3.05) is 11.9 Å². The fraction of sp³-hybridized carbons (Fsp3) is 0.200. The molecule has 0 radical (unpaired) electrons. The van der Waals surface area contributed by atoms with Crippen LogP contribution in [0.4, 0.5) is 10.1 Å². The lowest BCUT2D eigenvalue weighted by molar-refractivity contribution is 0.630. The van der Waals surface area contributed by atoms with E-state index < -0.39 is 0 Å². The third-order valence-corrected chi connectivity index (χ3v) is 1.73. The van der Waals surface area contributed by atoms with Gasteiger partial charge < -0.3 is 5.32 Å². The van der Waals surface area contributed by atoms with Gasteiger partial charge in [0.25, 0.3) is 0 Å². The first kappa shape index (κ1) is 10.1. The summed E-state index contributed by atoms with van der Waals surface area (Å²) in [5.74, 6) is -0.275. The first-order valence-electron chi connectivity index (χ1n) is 3.93. The summed E-state index contributed by atoms with van der Waals surface area (Å²) in [6, 6.07) is 4.87. The standard InChI is InChI=1S/C10H11ClFN/c1-7-3-4-9(12)10(5-7)13-6-8(2)11/h3-5,13H,2,6H2,1H3. The van der Waals surface area contributed by atoms with Crippen molar-refractivity contribution in [1.82, 2.24) is 0 Å². The van der Waals surface area contributed by atoms with E-state index in [0.717, 1.165) is 5.56 Å². The molecule has 1 nitrogen and oxygen atoms in total. The van der Waals surface area contributed by atoms with Gasteiger partial charge in [0.1, 0.15) is 5.82 Å². The monoisotopic (exact) mass is 199 g/mol. The number of hydrogen-bond acceptors (Lipinski definition) is 1. The van der Waals surface area contributed by atoms with Gasteiger partial charge in [0, 0.05) is 5.03 Å². The lowest BCUT2D eigenvalue weighted by Crippen LogP contribution is -2.02. The Hall–Kier alpha value is -1.02. The van der Waals surface area contributed by atoms with Crippen molar-refractivity contribution >= 4 is 17.3 Å². The van der Waals surface area contributed by atoms with Crippen molar-refractivity contribution in [2.45, 2.75) is 6.92 Å². The molecular weight excluding hydrogens is 189 g/mol. The quantitative estimate of drug-likeness (QED) is 0.788. The molecule has 0 bridgehead atoms. The Bertz CT molecular complexity index is 323. The molecule has 1 N–H and O–H groups in total. The normalized spacial score (nSPS) is 9.77. The second kappa shape index (κ2) is 4.28. The first-order valence-corrected chi connectivity index (χ1v) is 4.30. The van der Waals surface area contributed by atoms with E-state index >= 15 is 0 Å². The number of rotatable bonds is 3. The third kappa shape index (κ3) is 3.07. The zero-order valence-corrected chi connectivity index (χ0v) is 8.16. The predicted octanol–water partition coefficient (Wildman–Crippen LogP) is 3.30. The van der Waals surface area contributed by atoms with Gasteiger partial charge in [-0.05, 0) is 24.6 Å². The van der Waals surface area contributed by atoms with Gasteiger partial charge in [-0.25, -0.2) is 4.39 Å². The van der Waals surface area contributed by atoms with Gasteiger partial charge in [-0.3, -0.25) is 0 Å². The molecule has 1 aromatic rings. The van der Waals surface area contributed by atoms with E-state index in [1.54, 1.807) is 12.1 Å². The van der Waals surface area contributed by atoms with Gasteiger partial charge in [0.2, 0.25) is 0 Å². The second-order valence-corrected chi connectivity index (χ2v) is 3.39.